The van der Waals surface area contributed by atoms with Gasteiger partial charge >= 0.3 is 0 Å². The van der Waals surface area contributed by atoms with Gasteiger partial charge in [-0.25, -0.2) is 0 Å². The van der Waals surface area contributed by atoms with E-state index in [2.05, 4.69) is 16.7 Å². The van der Waals surface area contributed by atoms with E-state index in [4.69, 9.17) is 21.6 Å². The number of nitrogens with one attached hydrogen (secondary N) is 2. The number of carbonyl (C=O) groups excluding carboxylic acids is 1. The smallest absolute Gasteiger partial charge is 0.243 e. The van der Waals surface area contributed by atoms with E-state index < -0.39 is 0 Å². The summed E-state index contributed by atoms with van der Waals surface area (Å²) >= 11 is 6.04. The first-order chi connectivity index (χ1) is 11.0. The lowest BCUT2D eigenvalue weighted by atomic mass is 10.2. The monoisotopic (exact) mass is 329 g/mol. The Morgan fingerprint density at radius 3 is 2.83 bits per heavy atom. The third-order valence-corrected chi connectivity index (χ3v) is 3.61. The molecule has 0 aromatic heterocycles. The van der Waals surface area contributed by atoms with Crippen molar-refractivity contribution in [1.29, 1.82) is 5.26 Å². The number of carbonyl (C=O) groups is 1. The third-order valence-electron chi connectivity index (χ3n) is 3.20. The lowest BCUT2D eigenvalue weighted by Gasteiger charge is -2.13. The molecule has 2 N–H and O–H groups in total. The molecular formula is C17H16ClN3O2. The van der Waals surface area contributed by atoms with Gasteiger partial charge in [-0.15, -0.1) is 0 Å². The minimum atomic E-state index is -0.229. The summed E-state index contributed by atoms with van der Waals surface area (Å²) in [7, 11) is 1.52. The summed E-state index contributed by atoms with van der Waals surface area (Å²) in [6.07, 6.45) is 0. The van der Waals surface area contributed by atoms with Gasteiger partial charge in [-0.2, -0.15) is 5.26 Å². The van der Waals surface area contributed by atoms with E-state index in [-0.39, 0.29) is 12.5 Å². The topological polar surface area (TPSA) is 74.2 Å². The molecular weight excluding hydrogens is 314 g/mol. The van der Waals surface area contributed by atoms with Crippen LogP contribution in [0.1, 0.15) is 11.1 Å². The van der Waals surface area contributed by atoms with Gasteiger partial charge in [0.15, 0.2) is 0 Å². The average molecular weight is 330 g/mol. The van der Waals surface area contributed by atoms with Crippen molar-refractivity contribution in [1.82, 2.24) is 0 Å². The van der Waals surface area contributed by atoms with Crippen LogP contribution in [0, 0.1) is 18.3 Å². The van der Waals surface area contributed by atoms with Gasteiger partial charge in [-0.3, -0.25) is 4.79 Å². The fourth-order valence-electron chi connectivity index (χ4n) is 2.01. The van der Waals surface area contributed by atoms with Crippen LogP contribution in [0.5, 0.6) is 5.75 Å². The minimum absolute atomic E-state index is 0.0692. The number of aryl methyl sites for hydroxylation is 1. The number of benzene rings is 2. The number of methoxy groups -OCH3 is 1. The second-order valence-electron chi connectivity index (χ2n) is 4.90. The van der Waals surface area contributed by atoms with Crippen molar-refractivity contribution in [2.24, 2.45) is 0 Å². The Bertz CT molecular complexity index is 769. The highest BCUT2D eigenvalue weighted by molar-refractivity contribution is 6.31. The number of hydrogen-bond donors (Lipinski definition) is 2. The van der Waals surface area contributed by atoms with Gasteiger partial charge in [0.2, 0.25) is 5.91 Å². The van der Waals surface area contributed by atoms with Crippen molar-refractivity contribution in [3.8, 4) is 11.8 Å². The highest BCUT2D eigenvalue weighted by atomic mass is 35.5. The number of amides is 1. The van der Waals surface area contributed by atoms with Gasteiger partial charge < -0.3 is 15.4 Å². The second-order valence-corrected chi connectivity index (χ2v) is 5.30. The number of halogens is 1. The van der Waals surface area contributed by atoms with E-state index in [1.165, 1.54) is 7.11 Å². The average Bonchev–Trinajstić information content (AvgIpc) is 2.56. The summed E-state index contributed by atoms with van der Waals surface area (Å²) in [5.41, 5.74) is 2.65. The van der Waals surface area contributed by atoms with E-state index in [0.717, 1.165) is 5.56 Å². The van der Waals surface area contributed by atoms with E-state index in [1.807, 2.05) is 6.92 Å². The van der Waals surface area contributed by atoms with Crippen LogP contribution in [0.4, 0.5) is 11.4 Å². The van der Waals surface area contributed by atoms with Crippen LogP contribution in [0.25, 0.3) is 0 Å². The van der Waals surface area contributed by atoms with Gasteiger partial charge in [0, 0.05) is 16.8 Å². The minimum Gasteiger partial charge on any atom is -0.495 e. The zero-order valence-electron chi connectivity index (χ0n) is 12.8. The third kappa shape index (κ3) is 4.38. The molecule has 1 amide bonds. The van der Waals surface area contributed by atoms with E-state index in [0.29, 0.717) is 27.7 Å². The van der Waals surface area contributed by atoms with Crippen LogP contribution in [-0.4, -0.2) is 19.6 Å². The van der Waals surface area contributed by atoms with Crippen molar-refractivity contribution < 1.29 is 9.53 Å². The first-order valence-electron chi connectivity index (χ1n) is 6.91. The van der Waals surface area contributed by atoms with Crippen molar-refractivity contribution in [3.63, 3.8) is 0 Å². The normalized spacial score (nSPS) is 9.83. The van der Waals surface area contributed by atoms with E-state index >= 15 is 0 Å². The van der Waals surface area contributed by atoms with Gasteiger partial charge in [0.1, 0.15) is 5.75 Å². The molecule has 0 aliphatic heterocycles. The Balaban J connectivity index is 2.02. The van der Waals surface area contributed by atoms with Crippen molar-refractivity contribution >= 4 is 28.9 Å². The van der Waals surface area contributed by atoms with Crippen LogP contribution in [0.3, 0.4) is 0 Å². The fraction of sp³-hybridized carbons (Fsp3) is 0.176. The Morgan fingerprint density at radius 2 is 2.13 bits per heavy atom. The SMILES string of the molecule is COc1cc(Cl)c(C)cc1NC(=O)CNc1cccc(C#N)c1. The molecule has 0 saturated carbocycles. The highest BCUT2D eigenvalue weighted by Crippen LogP contribution is 2.30. The summed E-state index contributed by atoms with van der Waals surface area (Å²) in [6.45, 7) is 1.92. The van der Waals surface area contributed by atoms with Crippen LogP contribution >= 0.6 is 11.6 Å². The first-order valence-corrected chi connectivity index (χ1v) is 7.29. The van der Waals surface area contributed by atoms with Crippen molar-refractivity contribution in [3.05, 3.63) is 52.5 Å². The van der Waals surface area contributed by atoms with Crippen LogP contribution in [-0.2, 0) is 4.79 Å². The standard InChI is InChI=1S/C17H16ClN3O2/c1-11-6-15(16(23-2)8-14(11)18)21-17(22)10-20-13-5-3-4-12(7-13)9-19/h3-8,20H,10H2,1-2H3,(H,21,22). The quantitative estimate of drug-likeness (QED) is 0.879. The molecule has 0 heterocycles. The molecule has 2 rings (SSSR count). The van der Waals surface area contributed by atoms with Crippen molar-refractivity contribution in [2.45, 2.75) is 6.92 Å². The summed E-state index contributed by atoms with van der Waals surface area (Å²) < 4.78 is 5.22. The van der Waals surface area contributed by atoms with E-state index in [9.17, 15) is 4.79 Å². The van der Waals surface area contributed by atoms with Gasteiger partial charge in [0.25, 0.3) is 0 Å². The molecule has 0 bridgehead atoms. The first kappa shape index (κ1) is 16.7. The molecule has 0 unspecified atom stereocenters. The Kier molecular flexibility index (Phi) is 5.45. The zero-order valence-corrected chi connectivity index (χ0v) is 13.6. The number of nitriles is 1. The highest BCUT2D eigenvalue weighted by Gasteiger charge is 2.10. The molecule has 0 saturated heterocycles. The predicted molar refractivity (Wildman–Crippen MR) is 91.0 cm³/mol. The van der Waals surface area contributed by atoms with Crippen LogP contribution in [0.2, 0.25) is 5.02 Å². The van der Waals surface area contributed by atoms with E-state index in [1.54, 1.807) is 36.4 Å². The summed E-state index contributed by atoms with van der Waals surface area (Å²) in [5, 5.41) is 15.2. The Morgan fingerprint density at radius 1 is 1.35 bits per heavy atom. The number of nitrogens with zero attached hydrogens (tertiary/aromatic N) is 1. The Hall–Kier alpha value is -2.71. The molecule has 0 fully saturated rings. The maximum atomic E-state index is 12.1. The molecule has 5 nitrogen and oxygen atoms in total. The molecule has 0 spiro atoms. The lowest BCUT2D eigenvalue weighted by Crippen LogP contribution is -2.22. The molecule has 6 heteroatoms. The summed E-state index contributed by atoms with van der Waals surface area (Å²) in [4.78, 5) is 12.1. The number of anilines is 2. The Labute approximate surface area is 139 Å². The molecule has 2 aromatic carbocycles. The summed E-state index contributed by atoms with van der Waals surface area (Å²) in [6, 6.07) is 12.4. The number of ether oxygens (including phenoxy) is 1. The lowest BCUT2D eigenvalue weighted by molar-refractivity contribution is -0.114. The number of rotatable bonds is 5. The largest absolute Gasteiger partial charge is 0.495 e. The molecule has 2 aromatic rings. The van der Waals surface area contributed by atoms with Gasteiger partial charge in [-0.1, -0.05) is 17.7 Å². The molecule has 0 aliphatic carbocycles. The molecule has 118 valence electrons. The molecule has 0 radical (unpaired) electrons. The second kappa shape index (κ2) is 7.52. The van der Waals surface area contributed by atoms with Crippen LogP contribution in [0.15, 0.2) is 36.4 Å². The predicted octanol–water partition coefficient (Wildman–Crippen LogP) is 3.58. The summed E-state index contributed by atoms with van der Waals surface area (Å²) in [5.74, 6) is 0.271. The van der Waals surface area contributed by atoms with Crippen LogP contribution < -0.4 is 15.4 Å². The van der Waals surface area contributed by atoms with Gasteiger partial charge in [-0.05, 0) is 36.8 Å². The fourth-order valence-corrected chi connectivity index (χ4v) is 2.16. The molecule has 23 heavy (non-hydrogen) atoms. The molecule has 0 atom stereocenters. The number of hydrogen-bond acceptors (Lipinski definition) is 4. The molecule has 0 aliphatic rings. The van der Waals surface area contributed by atoms with Gasteiger partial charge in [0.05, 0.1) is 31.0 Å². The maximum Gasteiger partial charge on any atom is 0.243 e. The maximum absolute atomic E-state index is 12.1. The van der Waals surface area contributed by atoms with Crippen molar-refractivity contribution in [2.75, 3.05) is 24.3 Å². The zero-order chi connectivity index (χ0) is 16.8.